The molecule has 1 N–H and O–H groups in total. The summed E-state index contributed by atoms with van der Waals surface area (Å²) >= 11 is 0. The maximum Gasteiger partial charge on any atom is 0.255 e. The van der Waals surface area contributed by atoms with Crippen molar-refractivity contribution in [2.75, 3.05) is 13.7 Å². The molecule has 0 fully saturated rings. The van der Waals surface area contributed by atoms with Crippen molar-refractivity contribution >= 4 is 5.91 Å². The smallest absolute Gasteiger partial charge is 0.255 e. The normalized spacial score (nSPS) is 11.1. The van der Waals surface area contributed by atoms with Crippen LogP contribution < -0.4 is 10.1 Å². The highest BCUT2D eigenvalue weighted by Gasteiger charge is 2.33. The van der Waals surface area contributed by atoms with Gasteiger partial charge in [0.2, 0.25) is 0 Å². The SMILES string of the molecule is COc1ccccc1C(=O)NCC(Cc1ccccc1)(Cc1ccccc1)c1ccccc1. The fraction of sp³-hybridized carbons (Fsp3) is 0.167. The molecule has 0 aromatic heterocycles. The molecule has 3 nitrogen and oxygen atoms in total. The topological polar surface area (TPSA) is 38.3 Å². The summed E-state index contributed by atoms with van der Waals surface area (Å²) in [7, 11) is 1.59. The number of ether oxygens (including phenoxy) is 1. The van der Waals surface area contributed by atoms with Crippen LogP contribution in [0.4, 0.5) is 0 Å². The molecule has 0 unspecified atom stereocenters. The van der Waals surface area contributed by atoms with E-state index in [1.165, 1.54) is 16.7 Å². The third-order valence-electron chi connectivity index (χ3n) is 6.10. The van der Waals surface area contributed by atoms with E-state index in [1.54, 1.807) is 13.2 Å². The predicted octanol–water partition coefficient (Wildman–Crippen LogP) is 5.85. The lowest BCUT2D eigenvalue weighted by atomic mass is 9.71. The second kappa shape index (κ2) is 10.6. The summed E-state index contributed by atoms with van der Waals surface area (Å²) < 4.78 is 5.41. The molecule has 0 heterocycles. The average molecular weight is 436 g/mol. The molecule has 3 heteroatoms. The number of amides is 1. The minimum atomic E-state index is -0.318. The maximum absolute atomic E-state index is 13.2. The molecule has 0 radical (unpaired) electrons. The van der Waals surface area contributed by atoms with Gasteiger partial charge in [-0.2, -0.15) is 0 Å². The first kappa shape index (κ1) is 22.3. The summed E-state index contributed by atoms with van der Waals surface area (Å²) in [5.74, 6) is 0.445. The van der Waals surface area contributed by atoms with Gasteiger partial charge in [0.05, 0.1) is 12.7 Å². The summed E-state index contributed by atoms with van der Waals surface area (Å²) in [6.45, 7) is 0.498. The van der Waals surface area contributed by atoms with Crippen LogP contribution in [0.1, 0.15) is 27.0 Å². The third kappa shape index (κ3) is 5.50. The number of para-hydroxylation sites is 1. The summed E-state index contributed by atoms with van der Waals surface area (Å²) in [6.07, 6.45) is 1.61. The molecule has 0 aliphatic heterocycles. The van der Waals surface area contributed by atoms with Crippen molar-refractivity contribution < 1.29 is 9.53 Å². The molecule has 0 saturated heterocycles. The zero-order valence-electron chi connectivity index (χ0n) is 18.9. The molecule has 0 aliphatic rings. The molecule has 0 aliphatic carbocycles. The number of carbonyl (C=O) groups excluding carboxylic acids is 1. The number of rotatable bonds is 9. The summed E-state index contributed by atoms with van der Waals surface area (Å²) in [6, 6.07) is 38.8. The van der Waals surface area contributed by atoms with Gasteiger partial charge in [0.15, 0.2) is 0 Å². The van der Waals surface area contributed by atoms with E-state index in [0.717, 1.165) is 12.8 Å². The van der Waals surface area contributed by atoms with E-state index < -0.39 is 0 Å². The lowest BCUT2D eigenvalue weighted by Gasteiger charge is -2.35. The fourth-order valence-electron chi connectivity index (χ4n) is 4.44. The standard InChI is InChI=1S/C30H29NO2/c1-33-28-20-12-11-19-27(28)29(32)31-23-30(26-17-9-4-10-18-26,21-24-13-5-2-6-14-24)22-25-15-7-3-8-16-25/h2-20H,21-23H2,1H3,(H,31,32). The van der Waals surface area contributed by atoms with E-state index in [2.05, 4.69) is 78.1 Å². The minimum Gasteiger partial charge on any atom is -0.496 e. The van der Waals surface area contributed by atoms with E-state index in [4.69, 9.17) is 4.74 Å². The first-order chi connectivity index (χ1) is 16.2. The number of nitrogens with one attached hydrogen (secondary N) is 1. The molecule has 0 saturated carbocycles. The van der Waals surface area contributed by atoms with Crippen molar-refractivity contribution in [1.29, 1.82) is 0 Å². The van der Waals surface area contributed by atoms with Gasteiger partial charge in [-0.05, 0) is 41.7 Å². The highest BCUT2D eigenvalue weighted by Crippen LogP contribution is 2.33. The maximum atomic E-state index is 13.2. The van der Waals surface area contributed by atoms with Crippen LogP contribution in [0.3, 0.4) is 0 Å². The Kier molecular flexibility index (Phi) is 7.21. The number of benzene rings is 4. The molecule has 0 bridgehead atoms. The van der Waals surface area contributed by atoms with Gasteiger partial charge in [0.1, 0.15) is 5.75 Å². The van der Waals surface area contributed by atoms with E-state index >= 15 is 0 Å². The number of carbonyl (C=O) groups is 1. The summed E-state index contributed by atoms with van der Waals surface area (Å²) in [4.78, 5) is 13.2. The predicted molar refractivity (Wildman–Crippen MR) is 134 cm³/mol. The van der Waals surface area contributed by atoms with Crippen molar-refractivity contribution in [1.82, 2.24) is 5.32 Å². The Bertz CT molecular complexity index is 1120. The number of methoxy groups -OCH3 is 1. The zero-order chi connectivity index (χ0) is 22.9. The van der Waals surface area contributed by atoms with Crippen molar-refractivity contribution in [2.24, 2.45) is 0 Å². The molecule has 4 aromatic carbocycles. The fourth-order valence-corrected chi connectivity index (χ4v) is 4.44. The molecule has 166 valence electrons. The number of hydrogen-bond acceptors (Lipinski definition) is 2. The largest absolute Gasteiger partial charge is 0.496 e. The molecular weight excluding hydrogens is 406 g/mol. The molecule has 0 atom stereocenters. The Morgan fingerprint density at radius 2 is 1.18 bits per heavy atom. The van der Waals surface area contributed by atoms with Gasteiger partial charge in [-0.1, -0.05) is 103 Å². The monoisotopic (exact) mass is 435 g/mol. The van der Waals surface area contributed by atoms with Crippen LogP contribution in [0, 0.1) is 0 Å². The van der Waals surface area contributed by atoms with Gasteiger partial charge in [0, 0.05) is 12.0 Å². The Hall–Kier alpha value is -3.85. The molecule has 4 rings (SSSR count). The third-order valence-corrected chi connectivity index (χ3v) is 6.10. The summed E-state index contributed by atoms with van der Waals surface area (Å²) in [5.41, 5.74) is 3.91. The molecular formula is C30H29NO2. The first-order valence-corrected chi connectivity index (χ1v) is 11.2. The van der Waals surface area contributed by atoms with Crippen LogP contribution in [0.25, 0.3) is 0 Å². The van der Waals surface area contributed by atoms with Crippen LogP contribution >= 0.6 is 0 Å². The Morgan fingerprint density at radius 1 is 0.697 bits per heavy atom. The Labute approximate surface area is 196 Å². The quantitative estimate of drug-likeness (QED) is 0.358. The average Bonchev–Trinajstić information content (AvgIpc) is 2.89. The molecule has 4 aromatic rings. The van der Waals surface area contributed by atoms with Crippen molar-refractivity contribution in [3.05, 3.63) is 138 Å². The van der Waals surface area contributed by atoms with Gasteiger partial charge in [-0.15, -0.1) is 0 Å². The van der Waals surface area contributed by atoms with Crippen molar-refractivity contribution in [3.8, 4) is 5.75 Å². The van der Waals surface area contributed by atoms with Crippen LogP contribution in [-0.2, 0) is 18.3 Å². The van der Waals surface area contributed by atoms with Crippen molar-refractivity contribution in [3.63, 3.8) is 0 Å². The van der Waals surface area contributed by atoms with E-state index in [-0.39, 0.29) is 11.3 Å². The van der Waals surface area contributed by atoms with E-state index in [9.17, 15) is 4.79 Å². The number of hydrogen-bond donors (Lipinski definition) is 1. The highest BCUT2D eigenvalue weighted by atomic mass is 16.5. The van der Waals surface area contributed by atoms with E-state index in [1.807, 2.05) is 36.4 Å². The summed E-state index contributed by atoms with van der Waals surface area (Å²) in [5, 5.41) is 3.23. The lowest BCUT2D eigenvalue weighted by Crippen LogP contribution is -2.44. The van der Waals surface area contributed by atoms with Crippen molar-refractivity contribution in [2.45, 2.75) is 18.3 Å². The minimum absolute atomic E-state index is 0.131. The second-order valence-corrected chi connectivity index (χ2v) is 8.35. The molecule has 33 heavy (non-hydrogen) atoms. The van der Waals surface area contributed by atoms with Crippen LogP contribution in [0.2, 0.25) is 0 Å². The van der Waals surface area contributed by atoms with Gasteiger partial charge < -0.3 is 10.1 Å². The Balaban J connectivity index is 1.72. The van der Waals surface area contributed by atoms with Gasteiger partial charge in [-0.3, -0.25) is 4.79 Å². The lowest BCUT2D eigenvalue weighted by molar-refractivity contribution is 0.0939. The van der Waals surface area contributed by atoms with E-state index in [0.29, 0.717) is 17.9 Å². The second-order valence-electron chi connectivity index (χ2n) is 8.35. The zero-order valence-corrected chi connectivity index (χ0v) is 18.9. The van der Waals surface area contributed by atoms with Crippen LogP contribution in [0.5, 0.6) is 5.75 Å². The first-order valence-electron chi connectivity index (χ1n) is 11.2. The Morgan fingerprint density at radius 3 is 1.73 bits per heavy atom. The molecule has 0 spiro atoms. The molecule has 1 amide bonds. The van der Waals surface area contributed by atoms with Crippen LogP contribution in [0.15, 0.2) is 115 Å². The highest BCUT2D eigenvalue weighted by molar-refractivity contribution is 5.97. The van der Waals surface area contributed by atoms with Gasteiger partial charge in [-0.25, -0.2) is 0 Å². The van der Waals surface area contributed by atoms with Gasteiger partial charge >= 0.3 is 0 Å². The van der Waals surface area contributed by atoms with Crippen LogP contribution in [-0.4, -0.2) is 19.6 Å². The van der Waals surface area contributed by atoms with Gasteiger partial charge in [0.25, 0.3) is 5.91 Å².